The van der Waals surface area contributed by atoms with Crippen molar-refractivity contribution in [3.05, 3.63) is 0 Å². The summed E-state index contributed by atoms with van der Waals surface area (Å²) in [4.78, 5) is 2.74. The van der Waals surface area contributed by atoms with Crippen molar-refractivity contribution < 1.29 is 0 Å². The van der Waals surface area contributed by atoms with E-state index < -0.39 is 0 Å². The molecule has 0 spiro atoms. The van der Waals surface area contributed by atoms with Crippen molar-refractivity contribution >= 4 is 0 Å². The van der Waals surface area contributed by atoms with Crippen LogP contribution >= 0.6 is 0 Å². The van der Waals surface area contributed by atoms with Gasteiger partial charge in [-0.3, -0.25) is 0 Å². The maximum Gasteiger partial charge on any atom is 0.0149 e. The Labute approximate surface area is 176 Å². The molecule has 8 atom stereocenters. The minimum atomic E-state index is 0.609. The third kappa shape index (κ3) is 3.40. The number of rotatable bonds is 5. The van der Waals surface area contributed by atoms with Gasteiger partial charge < -0.3 is 4.90 Å². The SMILES string of the molecule is CC(C)CCCC(C)[C@H]1CCC2C3CC[C@@H]4N(C)CCC[C@]4(C)C3CC[C@@]21C. The fourth-order valence-electron chi connectivity index (χ4n) is 9.40. The molecule has 1 heteroatoms. The zero-order chi connectivity index (χ0) is 20.1. The number of hydrogen-bond acceptors (Lipinski definition) is 1. The smallest absolute Gasteiger partial charge is 0.0149 e. The highest BCUT2D eigenvalue weighted by atomic mass is 15.2. The van der Waals surface area contributed by atoms with Crippen LogP contribution in [0.15, 0.2) is 0 Å². The Bertz CT molecular complexity index is 540. The maximum absolute atomic E-state index is 2.74. The molecular formula is C27H49N. The van der Waals surface area contributed by atoms with Crippen molar-refractivity contribution in [2.75, 3.05) is 13.6 Å². The molecule has 0 aromatic carbocycles. The molecule has 162 valence electrons. The van der Waals surface area contributed by atoms with Gasteiger partial charge >= 0.3 is 0 Å². The van der Waals surface area contributed by atoms with E-state index in [1.54, 1.807) is 6.42 Å². The van der Waals surface area contributed by atoms with E-state index in [4.69, 9.17) is 0 Å². The van der Waals surface area contributed by atoms with Crippen molar-refractivity contribution in [2.24, 2.45) is 46.3 Å². The molecule has 1 saturated heterocycles. The number of hydrogen-bond donors (Lipinski definition) is 0. The van der Waals surface area contributed by atoms with Gasteiger partial charge in [-0.2, -0.15) is 0 Å². The van der Waals surface area contributed by atoms with E-state index in [2.05, 4.69) is 46.6 Å². The van der Waals surface area contributed by atoms with Gasteiger partial charge in [0, 0.05) is 6.04 Å². The molecule has 0 amide bonds. The summed E-state index contributed by atoms with van der Waals surface area (Å²) in [6.45, 7) is 14.2. The summed E-state index contributed by atoms with van der Waals surface area (Å²) in [6, 6.07) is 0.874. The second-order valence-corrected chi connectivity index (χ2v) is 12.6. The normalized spacial score (nSPS) is 47.5. The first-order valence-corrected chi connectivity index (χ1v) is 13.0. The minimum Gasteiger partial charge on any atom is -0.303 e. The molecule has 0 N–H and O–H groups in total. The first kappa shape index (κ1) is 21.2. The zero-order valence-electron chi connectivity index (χ0n) is 20.0. The summed E-state index contributed by atoms with van der Waals surface area (Å²) >= 11 is 0. The van der Waals surface area contributed by atoms with Crippen LogP contribution in [0.2, 0.25) is 0 Å². The molecule has 3 saturated carbocycles. The van der Waals surface area contributed by atoms with Crippen molar-refractivity contribution in [1.82, 2.24) is 4.90 Å². The van der Waals surface area contributed by atoms with Crippen LogP contribution in [-0.2, 0) is 0 Å². The van der Waals surface area contributed by atoms with E-state index in [9.17, 15) is 0 Å². The summed E-state index contributed by atoms with van der Waals surface area (Å²) in [5.74, 6) is 5.91. The Kier molecular flexibility index (Phi) is 5.98. The number of piperidine rings is 1. The lowest BCUT2D eigenvalue weighted by Crippen LogP contribution is -2.60. The molecular weight excluding hydrogens is 338 g/mol. The second kappa shape index (κ2) is 7.90. The Morgan fingerprint density at radius 2 is 1.61 bits per heavy atom. The monoisotopic (exact) mass is 387 g/mol. The van der Waals surface area contributed by atoms with Crippen LogP contribution in [0.25, 0.3) is 0 Å². The van der Waals surface area contributed by atoms with Gasteiger partial charge in [0.25, 0.3) is 0 Å². The molecule has 0 aromatic rings. The molecule has 1 nitrogen and oxygen atoms in total. The summed E-state index contributed by atoms with van der Waals surface area (Å²) < 4.78 is 0. The minimum absolute atomic E-state index is 0.609. The largest absolute Gasteiger partial charge is 0.303 e. The second-order valence-electron chi connectivity index (χ2n) is 12.6. The van der Waals surface area contributed by atoms with Gasteiger partial charge in [0.1, 0.15) is 0 Å². The standard InChI is InChI=1S/C27H49N/c1-19(2)9-7-10-20(3)22-12-13-23-21-11-14-25-27(5,16-8-18-28(25)6)24(21)15-17-26(22,23)4/h19-25H,7-18H2,1-6H3/t20?,21?,22-,23?,24?,25+,26-,27-/m1/s1. The fraction of sp³-hybridized carbons (Fsp3) is 1.00. The molecule has 4 rings (SSSR count). The van der Waals surface area contributed by atoms with Crippen LogP contribution in [0.1, 0.15) is 105 Å². The number of fused-ring (bicyclic) bond motifs is 5. The average molecular weight is 388 g/mol. The van der Waals surface area contributed by atoms with E-state index in [-0.39, 0.29) is 0 Å². The van der Waals surface area contributed by atoms with Gasteiger partial charge in [0.15, 0.2) is 0 Å². The molecule has 0 aromatic heterocycles. The first-order chi connectivity index (χ1) is 13.3. The van der Waals surface area contributed by atoms with Crippen LogP contribution < -0.4 is 0 Å². The topological polar surface area (TPSA) is 3.24 Å². The van der Waals surface area contributed by atoms with E-state index in [0.29, 0.717) is 10.8 Å². The Morgan fingerprint density at radius 1 is 0.857 bits per heavy atom. The van der Waals surface area contributed by atoms with Gasteiger partial charge in [-0.1, -0.05) is 53.9 Å². The lowest BCUT2D eigenvalue weighted by atomic mass is 9.46. The lowest BCUT2D eigenvalue weighted by molar-refractivity contribution is -0.125. The Balaban J connectivity index is 1.47. The van der Waals surface area contributed by atoms with Crippen molar-refractivity contribution in [2.45, 2.75) is 111 Å². The van der Waals surface area contributed by atoms with E-state index >= 15 is 0 Å². The van der Waals surface area contributed by atoms with E-state index in [1.807, 2.05) is 0 Å². The van der Waals surface area contributed by atoms with Crippen LogP contribution in [0.5, 0.6) is 0 Å². The van der Waals surface area contributed by atoms with E-state index in [1.165, 1.54) is 70.8 Å². The molecule has 4 aliphatic rings. The zero-order valence-corrected chi connectivity index (χ0v) is 20.0. The predicted octanol–water partition coefficient (Wildman–Crippen LogP) is 7.40. The van der Waals surface area contributed by atoms with Gasteiger partial charge in [0.2, 0.25) is 0 Å². The van der Waals surface area contributed by atoms with Gasteiger partial charge in [-0.25, -0.2) is 0 Å². The van der Waals surface area contributed by atoms with Crippen LogP contribution in [0.3, 0.4) is 0 Å². The molecule has 1 aliphatic heterocycles. The van der Waals surface area contributed by atoms with Crippen LogP contribution in [0, 0.1) is 46.3 Å². The highest BCUT2D eigenvalue weighted by Gasteiger charge is 2.60. The lowest BCUT2D eigenvalue weighted by Gasteiger charge is -2.62. The van der Waals surface area contributed by atoms with Gasteiger partial charge in [0.05, 0.1) is 0 Å². The summed E-state index contributed by atoms with van der Waals surface area (Å²) in [5.41, 5.74) is 1.26. The quantitative estimate of drug-likeness (QED) is 0.475. The first-order valence-electron chi connectivity index (χ1n) is 13.0. The Morgan fingerprint density at radius 3 is 2.36 bits per heavy atom. The molecule has 0 radical (unpaired) electrons. The predicted molar refractivity (Wildman–Crippen MR) is 121 cm³/mol. The van der Waals surface area contributed by atoms with Gasteiger partial charge in [-0.05, 0) is 111 Å². The molecule has 28 heavy (non-hydrogen) atoms. The maximum atomic E-state index is 2.74. The highest BCUT2D eigenvalue weighted by Crippen LogP contribution is 2.67. The molecule has 3 aliphatic carbocycles. The van der Waals surface area contributed by atoms with Crippen molar-refractivity contribution in [3.63, 3.8) is 0 Å². The molecule has 1 heterocycles. The third-order valence-corrected chi connectivity index (χ3v) is 10.8. The van der Waals surface area contributed by atoms with Crippen LogP contribution in [0.4, 0.5) is 0 Å². The summed E-state index contributed by atoms with van der Waals surface area (Å²) in [5, 5.41) is 0. The Hall–Kier alpha value is -0.0400. The molecule has 4 fully saturated rings. The summed E-state index contributed by atoms with van der Waals surface area (Å²) in [6.07, 6.45) is 16.5. The van der Waals surface area contributed by atoms with Gasteiger partial charge in [-0.15, -0.1) is 0 Å². The molecule has 0 bridgehead atoms. The highest BCUT2D eigenvalue weighted by molar-refractivity contribution is 5.10. The van der Waals surface area contributed by atoms with Crippen LogP contribution in [-0.4, -0.2) is 24.5 Å². The van der Waals surface area contributed by atoms with Crippen molar-refractivity contribution in [3.8, 4) is 0 Å². The number of nitrogens with zero attached hydrogens (tertiary/aromatic N) is 1. The molecule has 4 unspecified atom stereocenters. The third-order valence-electron chi connectivity index (χ3n) is 10.8. The number of likely N-dealkylation sites (tertiary alicyclic amines) is 1. The van der Waals surface area contributed by atoms with E-state index in [0.717, 1.165) is 41.5 Å². The van der Waals surface area contributed by atoms with Crippen molar-refractivity contribution in [1.29, 1.82) is 0 Å². The fourth-order valence-corrected chi connectivity index (χ4v) is 9.40. The average Bonchev–Trinajstić information content (AvgIpc) is 2.98. The summed E-state index contributed by atoms with van der Waals surface area (Å²) in [7, 11) is 2.42.